The molecule has 0 aliphatic carbocycles. The predicted octanol–water partition coefficient (Wildman–Crippen LogP) is 4.62. The maximum atomic E-state index is 12.4. The van der Waals surface area contributed by atoms with E-state index in [2.05, 4.69) is 0 Å². The molecule has 0 fully saturated rings. The third-order valence-corrected chi connectivity index (χ3v) is 3.05. The zero-order chi connectivity index (χ0) is 17.0. The van der Waals surface area contributed by atoms with Gasteiger partial charge in [0.2, 0.25) is 0 Å². The van der Waals surface area contributed by atoms with E-state index in [0.29, 0.717) is 0 Å². The van der Waals surface area contributed by atoms with Crippen LogP contribution in [0.1, 0.15) is 24.0 Å². The van der Waals surface area contributed by atoms with Gasteiger partial charge in [-0.05, 0) is 24.1 Å². The van der Waals surface area contributed by atoms with Gasteiger partial charge in [-0.25, -0.2) is 0 Å². The molecule has 0 atom stereocenters. The van der Waals surface area contributed by atoms with Crippen molar-refractivity contribution in [3.63, 3.8) is 0 Å². The van der Waals surface area contributed by atoms with Crippen LogP contribution in [0.2, 0.25) is 0 Å². The molecule has 0 amide bonds. The molecule has 0 heterocycles. The SMILES string of the molecule is N#CC(C#N)(CCC(F)(F)F)Cc1ccc(C(F)(F)F)cc1. The minimum Gasteiger partial charge on any atom is -0.197 e. The highest BCUT2D eigenvalue weighted by Crippen LogP contribution is 2.34. The monoisotopic (exact) mass is 320 g/mol. The Balaban J connectivity index is 2.93. The molecular weight excluding hydrogens is 310 g/mol. The minimum absolute atomic E-state index is 0.193. The molecule has 0 spiro atoms. The van der Waals surface area contributed by atoms with Crippen LogP contribution in [0, 0.1) is 28.1 Å². The minimum atomic E-state index is -4.53. The van der Waals surface area contributed by atoms with E-state index in [1.807, 2.05) is 0 Å². The second-order valence-corrected chi connectivity index (χ2v) is 4.79. The number of rotatable bonds is 4. The van der Waals surface area contributed by atoms with Crippen molar-refractivity contribution >= 4 is 0 Å². The van der Waals surface area contributed by atoms with Gasteiger partial charge in [-0.2, -0.15) is 36.9 Å². The van der Waals surface area contributed by atoms with Crippen LogP contribution >= 0.6 is 0 Å². The number of benzene rings is 1. The van der Waals surface area contributed by atoms with Crippen LogP contribution in [0.4, 0.5) is 26.3 Å². The van der Waals surface area contributed by atoms with E-state index in [1.54, 1.807) is 12.1 Å². The van der Waals surface area contributed by atoms with E-state index < -0.39 is 36.2 Å². The third-order valence-electron chi connectivity index (χ3n) is 3.05. The second-order valence-electron chi connectivity index (χ2n) is 4.79. The fraction of sp³-hybridized carbons (Fsp3) is 0.429. The van der Waals surface area contributed by atoms with Gasteiger partial charge in [0.15, 0.2) is 0 Å². The van der Waals surface area contributed by atoms with Gasteiger partial charge < -0.3 is 0 Å². The zero-order valence-corrected chi connectivity index (χ0v) is 11.1. The first kappa shape index (κ1) is 17.8. The third kappa shape index (κ3) is 4.96. The highest BCUT2D eigenvalue weighted by molar-refractivity contribution is 5.29. The summed E-state index contributed by atoms with van der Waals surface area (Å²) < 4.78 is 73.9. The Hall–Kier alpha value is -2.22. The van der Waals surface area contributed by atoms with E-state index >= 15 is 0 Å². The molecule has 1 aromatic rings. The number of alkyl halides is 6. The molecule has 0 saturated carbocycles. The fourth-order valence-corrected chi connectivity index (χ4v) is 1.82. The van der Waals surface area contributed by atoms with Gasteiger partial charge in [0.1, 0.15) is 5.41 Å². The maximum absolute atomic E-state index is 12.4. The highest BCUT2D eigenvalue weighted by Gasteiger charge is 2.37. The van der Waals surface area contributed by atoms with Crippen LogP contribution in [0.15, 0.2) is 24.3 Å². The number of hydrogen-bond donors (Lipinski definition) is 0. The smallest absolute Gasteiger partial charge is 0.197 e. The summed E-state index contributed by atoms with van der Waals surface area (Å²) in [5.41, 5.74) is -2.64. The molecule has 0 aliphatic heterocycles. The first-order valence-electron chi connectivity index (χ1n) is 6.07. The predicted molar refractivity (Wildman–Crippen MR) is 64.1 cm³/mol. The van der Waals surface area contributed by atoms with Gasteiger partial charge >= 0.3 is 12.4 Å². The Kier molecular flexibility index (Phi) is 5.08. The number of halogens is 6. The van der Waals surface area contributed by atoms with E-state index in [9.17, 15) is 26.3 Å². The molecule has 8 heteroatoms. The van der Waals surface area contributed by atoms with Crippen molar-refractivity contribution < 1.29 is 26.3 Å². The van der Waals surface area contributed by atoms with Crippen LogP contribution in [0.3, 0.4) is 0 Å². The zero-order valence-electron chi connectivity index (χ0n) is 11.1. The quantitative estimate of drug-likeness (QED) is 0.760. The Bertz CT molecular complexity index is 572. The van der Waals surface area contributed by atoms with Crippen LogP contribution < -0.4 is 0 Å². The first-order valence-corrected chi connectivity index (χ1v) is 6.07. The van der Waals surface area contributed by atoms with Gasteiger partial charge in [0.05, 0.1) is 17.7 Å². The van der Waals surface area contributed by atoms with Gasteiger partial charge in [-0.1, -0.05) is 12.1 Å². The van der Waals surface area contributed by atoms with Crippen LogP contribution in [-0.4, -0.2) is 6.18 Å². The molecule has 1 rings (SSSR count). The molecule has 0 aliphatic rings. The van der Waals surface area contributed by atoms with Gasteiger partial charge in [0.25, 0.3) is 0 Å². The number of hydrogen-bond acceptors (Lipinski definition) is 2. The Morgan fingerprint density at radius 3 is 1.68 bits per heavy atom. The topological polar surface area (TPSA) is 47.6 Å². The summed E-state index contributed by atoms with van der Waals surface area (Å²) in [7, 11) is 0. The average Bonchev–Trinajstić information content (AvgIpc) is 2.42. The molecule has 22 heavy (non-hydrogen) atoms. The Morgan fingerprint density at radius 2 is 1.32 bits per heavy atom. The lowest BCUT2D eigenvalue weighted by molar-refractivity contribution is -0.138. The van der Waals surface area contributed by atoms with Crippen molar-refractivity contribution in [3.8, 4) is 12.1 Å². The van der Waals surface area contributed by atoms with Gasteiger partial charge in [-0.15, -0.1) is 0 Å². The van der Waals surface area contributed by atoms with Crippen LogP contribution in [0.5, 0.6) is 0 Å². The standard InChI is InChI=1S/C14H10F6N2/c15-13(16,17)6-5-12(8-21,9-22)7-10-1-3-11(4-2-10)14(18,19)20/h1-4H,5-7H2. The average molecular weight is 320 g/mol. The second kappa shape index (κ2) is 6.27. The summed E-state index contributed by atoms with van der Waals surface area (Å²) in [5, 5.41) is 18.0. The van der Waals surface area contributed by atoms with Crippen molar-refractivity contribution in [2.24, 2.45) is 5.41 Å². The Morgan fingerprint density at radius 1 is 0.818 bits per heavy atom. The summed E-state index contributed by atoms with van der Waals surface area (Å²) in [5.74, 6) is 0. The van der Waals surface area contributed by atoms with Crippen molar-refractivity contribution in [1.82, 2.24) is 0 Å². The van der Waals surface area contributed by atoms with E-state index in [0.717, 1.165) is 24.3 Å². The molecule has 0 saturated heterocycles. The van der Waals surface area contributed by atoms with E-state index in [1.165, 1.54) is 0 Å². The Labute approximate surface area is 122 Å². The largest absolute Gasteiger partial charge is 0.416 e. The first-order chi connectivity index (χ1) is 10.0. The normalized spacial score (nSPS) is 12.5. The van der Waals surface area contributed by atoms with Crippen LogP contribution in [0.25, 0.3) is 0 Å². The summed E-state index contributed by atoms with van der Waals surface area (Å²) in [6.07, 6.45) is -11.5. The summed E-state index contributed by atoms with van der Waals surface area (Å²) in [6.45, 7) is 0. The lowest BCUT2D eigenvalue weighted by Gasteiger charge is -2.19. The summed E-state index contributed by atoms with van der Waals surface area (Å²) >= 11 is 0. The fourth-order valence-electron chi connectivity index (χ4n) is 1.82. The van der Waals surface area contributed by atoms with E-state index in [4.69, 9.17) is 10.5 Å². The van der Waals surface area contributed by atoms with Crippen molar-refractivity contribution in [1.29, 1.82) is 10.5 Å². The molecule has 0 N–H and O–H groups in total. The highest BCUT2D eigenvalue weighted by atomic mass is 19.4. The summed E-state index contributed by atoms with van der Waals surface area (Å²) in [4.78, 5) is 0. The van der Waals surface area contributed by atoms with E-state index in [-0.39, 0.29) is 12.0 Å². The molecular formula is C14H10F6N2. The van der Waals surface area contributed by atoms with Crippen molar-refractivity contribution in [2.75, 3.05) is 0 Å². The summed E-state index contributed by atoms with van der Waals surface area (Å²) in [6, 6.07) is 6.73. The molecule has 1 aromatic carbocycles. The molecule has 0 bridgehead atoms. The number of nitrogens with zero attached hydrogens (tertiary/aromatic N) is 2. The van der Waals surface area contributed by atoms with Crippen molar-refractivity contribution in [3.05, 3.63) is 35.4 Å². The molecule has 2 nitrogen and oxygen atoms in total. The molecule has 0 aromatic heterocycles. The molecule has 118 valence electrons. The van der Waals surface area contributed by atoms with Crippen LogP contribution in [-0.2, 0) is 12.6 Å². The number of nitriles is 2. The lowest BCUT2D eigenvalue weighted by atomic mass is 9.80. The molecule has 0 radical (unpaired) electrons. The van der Waals surface area contributed by atoms with Gasteiger partial charge in [-0.3, -0.25) is 0 Å². The maximum Gasteiger partial charge on any atom is 0.416 e. The lowest BCUT2D eigenvalue weighted by Crippen LogP contribution is -2.23. The van der Waals surface area contributed by atoms with Gasteiger partial charge in [0, 0.05) is 12.8 Å². The van der Waals surface area contributed by atoms with Crippen molar-refractivity contribution in [2.45, 2.75) is 31.6 Å². The molecule has 0 unspecified atom stereocenters.